The topological polar surface area (TPSA) is 80.5 Å². The molecular formula is C11H22N2O3S2. The molecule has 1 heterocycles. The van der Waals surface area contributed by atoms with E-state index in [1.165, 1.54) is 4.90 Å². The monoisotopic (exact) mass is 294 g/mol. The van der Waals surface area contributed by atoms with E-state index in [1.807, 2.05) is 13.8 Å². The first-order valence-electron chi connectivity index (χ1n) is 6.16. The molecule has 2 unspecified atom stereocenters. The minimum Gasteiger partial charge on any atom is -0.323 e. The zero-order valence-electron chi connectivity index (χ0n) is 11.1. The predicted octanol–water partition coefficient (Wildman–Crippen LogP) is 0.306. The van der Waals surface area contributed by atoms with Gasteiger partial charge >= 0.3 is 0 Å². The lowest BCUT2D eigenvalue weighted by atomic mass is 10.0. The third-order valence-corrected chi connectivity index (χ3v) is 6.48. The highest BCUT2D eigenvalue weighted by molar-refractivity contribution is 8.01. The molecule has 0 aliphatic carbocycles. The summed E-state index contributed by atoms with van der Waals surface area (Å²) < 4.78 is 24.0. The zero-order chi connectivity index (χ0) is 13.9. The van der Waals surface area contributed by atoms with E-state index in [9.17, 15) is 13.2 Å². The summed E-state index contributed by atoms with van der Waals surface area (Å²) in [7, 11) is -3.25. The fourth-order valence-electron chi connectivity index (χ4n) is 1.80. The van der Waals surface area contributed by atoms with Gasteiger partial charge in [-0.15, -0.1) is 0 Å². The Morgan fingerprint density at radius 2 is 2.11 bits per heavy atom. The van der Waals surface area contributed by atoms with Gasteiger partial charge in [0.25, 0.3) is 0 Å². The van der Waals surface area contributed by atoms with Gasteiger partial charge in [0.1, 0.15) is 5.37 Å². The number of rotatable bonds is 4. The van der Waals surface area contributed by atoms with Crippen molar-refractivity contribution in [2.75, 3.05) is 23.8 Å². The van der Waals surface area contributed by atoms with Crippen LogP contribution < -0.4 is 5.73 Å². The Bertz CT molecular complexity index is 395. The number of hydrogen-bond acceptors (Lipinski definition) is 5. The maximum Gasteiger partial charge on any atom is 0.240 e. The first kappa shape index (κ1) is 15.8. The molecule has 1 aliphatic heterocycles. The number of nitrogens with two attached hydrogens (primary N) is 1. The Hall–Kier alpha value is -0.270. The molecule has 1 fully saturated rings. The minimum atomic E-state index is -3.25. The molecule has 0 radical (unpaired) electrons. The van der Waals surface area contributed by atoms with Crippen LogP contribution in [0, 0.1) is 5.92 Å². The summed E-state index contributed by atoms with van der Waals surface area (Å²) in [6.45, 7) is 5.81. The van der Waals surface area contributed by atoms with Gasteiger partial charge in [0, 0.05) is 23.8 Å². The molecule has 0 spiro atoms. The number of sulfone groups is 1. The van der Waals surface area contributed by atoms with Crippen LogP contribution in [0.5, 0.6) is 0 Å². The Balaban J connectivity index is 2.93. The maximum absolute atomic E-state index is 12.2. The second kappa shape index (κ2) is 6.25. The van der Waals surface area contributed by atoms with E-state index in [0.29, 0.717) is 12.3 Å². The molecule has 1 aliphatic rings. The summed E-state index contributed by atoms with van der Waals surface area (Å²) in [5.74, 6) is 1.04. The van der Waals surface area contributed by atoms with Crippen molar-refractivity contribution >= 4 is 27.5 Å². The SMILES string of the molecule is CCS(=O)(=O)C1CSCCN1C(=O)C(N)C(C)C. The number of carbonyl (C=O) groups is 1. The smallest absolute Gasteiger partial charge is 0.240 e. The summed E-state index contributed by atoms with van der Waals surface area (Å²) in [4.78, 5) is 13.7. The van der Waals surface area contributed by atoms with Gasteiger partial charge in [-0.25, -0.2) is 8.42 Å². The number of amides is 1. The van der Waals surface area contributed by atoms with Crippen LogP contribution in [0.25, 0.3) is 0 Å². The van der Waals surface area contributed by atoms with Crippen LogP contribution in [0.2, 0.25) is 0 Å². The van der Waals surface area contributed by atoms with Crippen molar-refractivity contribution in [3.8, 4) is 0 Å². The van der Waals surface area contributed by atoms with Crippen LogP contribution in [-0.4, -0.2) is 54.4 Å². The number of hydrogen-bond donors (Lipinski definition) is 1. The molecule has 0 aromatic carbocycles. The molecule has 5 nitrogen and oxygen atoms in total. The van der Waals surface area contributed by atoms with Gasteiger partial charge in [-0.2, -0.15) is 11.8 Å². The highest BCUT2D eigenvalue weighted by atomic mass is 32.2. The third-order valence-electron chi connectivity index (χ3n) is 3.19. The molecule has 1 amide bonds. The molecule has 0 aromatic rings. The summed E-state index contributed by atoms with van der Waals surface area (Å²) >= 11 is 1.57. The zero-order valence-corrected chi connectivity index (χ0v) is 12.8. The molecule has 2 atom stereocenters. The van der Waals surface area contributed by atoms with Crippen LogP contribution in [0.15, 0.2) is 0 Å². The maximum atomic E-state index is 12.2. The van der Waals surface area contributed by atoms with Gasteiger partial charge in [-0.1, -0.05) is 20.8 Å². The van der Waals surface area contributed by atoms with Crippen molar-refractivity contribution in [2.24, 2.45) is 11.7 Å². The molecule has 7 heteroatoms. The normalized spacial score (nSPS) is 23.2. The molecule has 0 aromatic heterocycles. The number of carbonyl (C=O) groups excluding carboxylic acids is 1. The van der Waals surface area contributed by atoms with Gasteiger partial charge in [-0.05, 0) is 5.92 Å². The molecule has 18 heavy (non-hydrogen) atoms. The van der Waals surface area contributed by atoms with E-state index in [4.69, 9.17) is 5.73 Å². The average molecular weight is 294 g/mol. The molecule has 106 valence electrons. The van der Waals surface area contributed by atoms with Gasteiger partial charge in [-0.3, -0.25) is 4.79 Å². The standard InChI is InChI=1S/C11H22N2O3S2/c1-4-18(15,16)9-7-17-6-5-13(9)11(14)10(12)8(2)3/h8-10H,4-7,12H2,1-3H3. The van der Waals surface area contributed by atoms with Crippen LogP contribution in [0.1, 0.15) is 20.8 Å². The van der Waals surface area contributed by atoms with Crippen LogP contribution in [0.3, 0.4) is 0 Å². The van der Waals surface area contributed by atoms with E-state index in [-0.39, 0.29) is 17.6 Å². The number of nitrogens with zero attached hydrogens (tertiary/aromatic N) is 1. The highest BCUT2D eigenvalue weighted by Crippen LogP contribution is 2.22. The van der Waals surface area contributed by atoms with Crippen molar-refractivity contribution in [3.05, 3.63) is 0 Å². The van der Waals surface area contributed by atoms with Gasteiger partial charge in [0.05, 0.1) is 6.04 Å². The van der Waals surface area contributed by atoms with Gasteiger partial charge in [0.15, 0.2) is 9.84 Å². The largest absolute Gasteiger partial charge is 0.323 e. The molecule has 0 bridgehead atoms. The minimum absolute atomic E-state index is 0.0112. The Labute approximate surface area is 113 Å². The van der Waals surface area contributed by atoms with Crippen LogP contribution >= 0.6 is 11.8 Å². The Kier molecular flexibility index (Phi) is 5.48. The lowest BCUT2D eigenvalue weighted by Gasteiger charge is -2.36. The quantitative estimate of drug-likeness (QED) is 0.807. The second-order valence-electron chi connectivity index (χ2n) is 4.78. The van der Waals surface area contributed by atoms with E-state index in [2.05, 4.69) is 0 Å². The van der Waals surface area contributed by atoms with E-state index in [1.54, 1.807) is 18.7 Å². The molecular weight excluding hydrogens is 272 g/mol. The Morgan fingerprint density at radius 1 is 1.50 bits per heavy atom. The molecule has 1 rings (SSSR count). The highest BCUT2D eigenvalue weighted by Gasteiger charge is 2.37. The lowest BCUT2D eigenvalue weighted by molar-refractivity contribution is -0.133. The van der Waals surface area contributed by atoms with Crippen molar-refractivity contribution < 1.29 is 13.2 Å². The van der Waals surface area contributed by atoms with Gasteiger partial charge < -0.3 is 10.6 Å². The fourth-order valence-corrected chi connectivity index (χ4v) is 4.77. The van der Waals surface area contributed by atoms with E-state index in [0.717, 1.165) is 5.75 Å². The number of thioether (sulfide) groups is 1. The first-order valence-corrected chi connectivity index (χ1v) is 9.03. The average Bonchev–Trinajstić information content (AvgIpc) is 2.36. The third kappa shape index (κ3) is 3.39. The predicted molar refractivity (Wildman–Crippen MR) is 75.1 cm³/mol. The van der Waals surface area contributed by atoms with Crippen LogP contribution in [-0.2, 0) is 14.6 Å². The van der Waals surface area contributed by atoms with Gasteiger partial charge in [0.2, 0.25) is 5.91 Å². The summed E-state index contributed by atoms with van der Waals surface area (Å²) in [5, 5.41) is -0.710. The second-order valence-corrected chi connectivity index (χ2v) is 8.38. The molecule has 1 saturated heterocycles. The summed E-state index contributed by atoms with van der Waals surface area (Å²) in [6.07, 6.45) is 0. The van der Waals surface area contributed by atoms with Crippen LogP contribution in [0.4, 0.5) is 0 Å². The fraction of sp³-hybridized carbons (Fsp3) is 0.909. The van der Waals surface area contributed by atoms with Crippen molar-refractivity contribution in [2.45, 2.75) is 32.2 Å². The molecule has 2 N–H and O–H groups in total. The molecule has 0 saturated carbocycles. The van der Waals surface area contributed by atoms with Crippen molar-refractivity contribution in [3.63, 3.8) is 0 Å². The summed E-state index contributed by atoms with van der Waals surface area (Å²) in [5.41, 5.74) is 5.84. The van der Waals surface area contributed by atoms with E-state index < -0.39 is 21.3 Å². The lowest BCUT2D eigenvalue weighted by Crippen LogP contribution is -2.56. The van der Waals surface area contributed by atoms with Crippen molar-refractivity contribution in [1.82, 2.24) is 4.90 Å². The first-order chi connectivity index (χ1) is 8.31. The summed E-state index contributed by atoms with van der Waals surface area (Å²) in [6, 6.07) is -0.623. The van der Waals surface area contributed by atoms with Crippen molar-refractivity contribution in [1.29, 1.82) is 0 Å². The van der Waals surface area contributed by atoms with E-state index >= 15 is 0 Å². The Morgan fingerprint density at radius 3 is 2.61 bits per heavy atom.